The van der Waals surface area contributed by atoms with Gasteiger partial charge >= 0.3 is 0 Å². The Kier molecular flexibility index (Phi) is 6.22. The molecule has 19 heavy (non-hydrogen) atoms. The second-order valence-electron chi connectivity index (χ2n) is 5.09. The monoisotopic (exact) mass is 271 g/mol. The molecule has 2 nitrogen and oxygen atoms in total. The third-order valence-electron chi connectivity index (χ3n) is 3.12. The van der Waals surface area contributed by atoms with Crippen LogP contribution in [-0.2, 0) is 0 Å². The highest BCUT2D eigenvalue weighted by molar-refractivity contribution is 5.32. The lowest BCUT2D eigenvalue weighted by molar-refractivity contribution is 0.392. The molecule has 0 fully saturated rings. The summed E-state index contributed by atoms with van der Waals surface area (Å²) in [7, 11) is 1.40. The number of rotatable bonds is 7. The number of hydrogen-bond acceptors (Lipinski definition) is 2. The van der Waals surface area contributed by atoms with Gasteiger partial charge in [-0.25, -0.2) is 8.78 Å². The van der Waals surface area contributed by atoms with E-state index < -0.39 is 11.6 Å². The summed E-state index contributed by atoms with van der Waals surface area (Å²) in [5, 5.41) is 3.15. The van der Waals surface area contributed by atoms with Crippen LogP contribution in [0.2, 0.25) is 0 Å². The summed E-state index contributed by atoms with van der Waals surface area (Å²) in [6, 6.07) is 2.18. The van der Waals surface area contributed by atoms with E-state index in [1.54, 1.807) is 0 Å². The summed E-state index contributed by atoms with van der Waals surface area (Å²) in [5.74, 6) is -0.388. The van der Waals surface area contributed by atoms with Crippen molar-refractivity contribution >= 4 is 0 Å². The summed E-state index contributed by atoms with van der Waals surface area (Å²) in [6.45, 7) is 6.81. The Morgan fingerprint density at radius 3 is 2.16 bits per heavy atom. The van der Waals surface area contributed by atoms with Crippen LogP contribution in [0, 0.1) is 17.6 Å². The van der Waals surface area contributed by atoms with Crippen molar-refractivity contribution in [2.75, 3.05) is 13.7 Å². The van der Waals surface area contributed by atoms with Gasteiger partial charge in [0.1, 0.15) is 17.4 Å². The van der Waals surface area contributed by atoms with E-state index in [1.165, 1.54) is 19.2 Å². The summed E-state index contributed by atoms with van der Waals surface area (Å²) in [6.07, 6.45) is 1.63. The Morgan fingerprint density at radius 1 is 1.16 bits per heavy atom. The Labute approximate surface area is 114 Å². The minimum Gasteiger partial charge on any atom is -0.497 e. The topological polar surface area (TPSA) is 21.3 Å². The lowest BCUT2D eigenvalue weighted by Crippen LogP contribution is -2.23. The third-order valence-corrected chi connectivity index (χ3v) is 3.12. The standard InChI is InChI=1S/C15H23F2NO/c1-5-18-14(7-6-10(2)3)15-12(16)8-11(19-4)9-13(15)17/h8-10,14,18H,5-7H2,1-4H3. The van der Waals surface area contributed by atoms with Crippen LogP contribution in [0.4, 0.5) is 8.78 Å². The molecule has 1 aromatic carbocycles. The van der Waals surface area contributed by atoms with Crippen molar-refractivity contribution in [1.82, 2.24) is 5.32 Å². The van der Waals surface area contributed by atoms with Crippen molar-refractivity contribution in [2.24, 2.45) is 5.92 Å². The second-order valence-corrected chi connectivity index (χ2v) is 5.09. The molecule has 0 radical (unpaired) electrons. The van der Waals surface area contributed by atoms with E-state index >= 15 is 0 Å². The van der Waals surface area contributed by atoms with Crippen LogP contribution < -0.4 is 10.1 Å². The Morgan fingerprint density at radius 2 is 1.74 bits per heavy atom. The van der Waals surface area contributed by atoms with Gasteiger partial charge in [0, 0.05) is 23.7 Å². The first-order chi connectivity index (χ1) is 8.99. The zero-order chi connectivity index (χ0) is 14.4. The summed E-state index contributed by atoms with van der Waals surface area (Å²) in [5.41, 5.74) is 0.114. The van der Waals surface area contributed by atoms with Crippen molar-refractivity contribution < 1.29 is 13.5 Å². The Bertz CT molecular complexity index is 384. The van der Waals surface area contributed by atoms with E-state index in [9.17, 15) is 8.78 Å². The fourth-order valence-electron chi connectivity index (χ4n) is 2.11. The molecular formula is C15H23F2NO. The zero-order valence-electron chi connectivity index (χ0n) is 12.1. The quantitative estimate of drug-likeness (QED) is 0.807. The smallest absolute Gasteiger partial charge is 0.134 e. The molecule has 4 heteroatoms. The molecule has 0 bridgehead atoms. The molecule has 1 rings (SSSR count). The van der Waals surface area contributed by atoms with Crippen LogP contribution in [0.1, 0.15) is 45.2 Å². The molecule has 0 saturated carbocycles. The van der Waals surface area contributed by atoms with Gasteiger partial charge in [0.2, 0.25) is 0 Å². The van der Waals surface area contributed by atoms with Crippen molar-refractivity contribution in [3.8, 4) is 5.75 Å². The van der Waals surface area contributed by atoms with Crippen molar-refractivity contribution in [3.63, 3.8) is 0 Å². The number of benzene rings is 1. The molecule has 0 aliphatic heterocycles. The van der Waals surface area contributed by atoms with Crippen LogP contribution in [0.3, 0.4) is 0 Å². The van der Waals surface area contributed by atoms with E-state index in [0.29, 0.717) is 18.9 Å². The van der Waals surface area contributed by atoms with Gasteiger partial charge in [0.15, 0.2) is 0 Å². The molecule has 1 unspecified atom stereocenters. The number of ether oxygens (including phenoxy) is 1. The average Bonchev–Trinajstić information content (AvgIpc) is 2.34. The van der Waals surface area contributed by atoms with E-state index in [4.69, 9.17) is 4.74 Å². The van der Waals surface area contributed by atoms with Crippen LogP contribution in [0.15, 0.2) is 12.1 Å². The van der Waals surface area contributed by atoms with Crippen molar-refractivity contribution in [3.05, 3.63) is 29.3 Å². The molecule has 108 valence electrons. The van der Waals surface area contributed by atoms with Gasteiger partial charge in [0.05, 0.1) is 7.11 Å². The van der Waals surface area contributed by atoms with Gasteiger partial charge in [-0.3, -0.25) is 0 Å². The van der Waals surface area contributed by atoms with Crippen molar-refractivity contribution in [1.29, 1.82) is 0 Å². The molecule has 0 aliphatic rings. The first-order valence-corrected chi connectivity index (χ1v) is 6.75. The molecule has 0 spiro atoms. The average molecular weight is 271 g/mol. The second kappa shape index (κ2) is 7.43. The minimum atomic E-state index is -0.549. The van der Waals surface area contributed by atoms with Gasteiger partial charge < -0.3 is 10.1 Å². The van der Waals surface area contributed by atoms with Crippen LogP contribution >= 0.6 is 0 Å². The number of halogens is 2. The fraction of sp³-hybridized carbons (Fsp3) is 0.600. The molecule has 1 atom stereocenters. The molecule has 1 N–H and O–H groups in total. The van der Waals surface area contributed by atoms with Gasteiger partial charge in [-0.1, -0.05) is 20.8 Å². The molecule has 0 aromatic heterocycles. The van der Waals surface area contributed by atoms with E-state index in [0.717, 1.165) is 6.42 Å². The molecule has 0 amide bonds. The van der Waals surface area contributed by atoms with Crippen molar-refractivity contribution in [2.45, 2.75) is 39.7 Å². The predicted molar refractivity (Wildman–Crippen MR) is 73.4 cm³/mol. The van der Waals surface area contributed by atoms with E-state index in [2.05, 4.69) is 19.2 Å². The molecule has 0 aliphatic carbocycles. The number of hydrogen-bond donors (Lipinski definition) is 1. The lowest BCUT2D eigenvalue weighted by Gasteiger charge is -2.21. The summed E-state index contributed by atoms with van der Waals surface area (Å²) >= 11 is 0. The molecule has 0 saturated heterocycles. The molecule has 0 heterocycles. The maximum atomic E-state index is 14.0. The highest BCUT2D eigenvalue weighted by Crippen LogP contribution is 2.29. The van der Waals surface area contributed by atoms with E-state index in [-0.39, 0.29) is 17.4 Å². The summed E-state index contributed by atoms with van der Waals surface area (Å²) < 4.78 is 32.9. The predicted octanol–water partition coefficient (Wildman–Crippen LogP) is 4.06. The van der Waals surface area contributed by atoms with Gasteiger partial charge in [-0.15, -0.1) is 0 Å². The maximum absolute atomic E-state index is 14.0. The fourth-order valence-corrected chi connectivity index (χ4v) is 2.11. The Hall–Kier alpha value is -1.16. The first-order valence-electron chi connectivity index (χ1n) is 6.75. The molecular weight excluding hydrogens is 248 g/mol. The van der Waals surface area contributed by atoms with Gasteiger partial charge in [0.25, 0.3) is 0 Å². The van der Waals surface area contributed by atoms with E-state index in [1.807, 2.05) is 6.92 Å². The maximum Gasteiger partial charge on any atom is 0.134 e. The molecule has 1 aromatic rings. The highest BCUT2D eigenvalue weighted by Gasteiger charge is 2.21. The third kappa shape index (κ3) is 4.46. The van der Waals surface area contributed by atoms with Crippen LogP contribution in [0.5, 0.6) is 5.75 Å². The SMILES string of the molecule is CCNC(CCC(C)C)c1c(F)cc(OC)cc1F. The van der Waals surface area contributed by atoms with Gasteiger partial charge in [-0.2, -0.15) is 0 Å². The van der Waals surface area contributed by atoms with Gasteiger partial charge in [-0.05, 0) is 25.3 Å². The number of methoxy groups -OCH3 is 1. The minimum absolute atomic E-state index is 0.114. The summed E-state index contributed by atoms with van der Waals surface area (Å²) in [4.78, 5) is 0. The first kappa shape index (κ1) is 15.9. The Balaban J connectivity index is 3.01. The van der Waals surface area contributed by atoms with Crippen LogP contribution in [-0.4, -0.2) is 13.7 Å². The largest absolute Gasteiger partial charge is 0.497 e. The highest BCUT2D eigenvalue weighted by atomic mass is 19.1. The number of nitrogens with one attached hydrogen (secondary N) is 1. The normalized spacial score (nSPS) is 12.8. The van der Waals surface area contributed by atoms with Crippen LogP contribution in [0.25, 0.3) is 0 Å². The zero-order valence-corrected chi connectivity index (χ0v) is 12.1. The lowest BCUT2D eigenvalue weighted by atomic mass is 9.96.